The maximum atomic E-state index is 9.03. The Morgan fingerprint density at radius 1 is 1.55 bits per heavy atom. The lowest BCUT2D eigenvalue weighted by atomic mass is 10.0. The van der Waals surface area contributed by atoms with Gasteiger partial charge < -0.3 is 5.11 Å². The molecule has 1 aliphatic carbocycles. The van der Waals surface area contributed by atoms with E-state index in [0.717, 1.165) is 12.8 Å². The minimum Gasteiger partial charge on any atom is -0.393 e. The van der Waals surface area contributed by atoms with Crippen LogP contribution in [0.4, 0.5) is 0 Å². The Labute approximate surface area is 68.4 Å². The normalized spacial score (nSPS) is 19.6. The van der Waals surface area contributed by atoms with Crippen LogP contribution in [-0.4, -0.2) is 11.2 Å². The molecule has 62 valence electrons. The molecule has 0 heterocycles. The molecule has 1 nitrogen and oxygen atoms in total. The van der Waals surface area contributed by atoms with Gasteiger partial charge in [0.25, 0.3) is 0 Å². The van der Waals surface area contributed by atoms with Gasteiger partial charge in [0.2, 0.25) is 0 Å². The van der Waals surface area contributed by atoms with E-state index < -0.39 is 0 Å². The summed E-state index contributed by atoms with van der Waals surface area (Å²) < 4.78 is 0. The summed E-state index contributed by atoms with van der Waals surface area (Å²) in [5.74, 6) is 0. The van der Waals surface area contributed by atoms with Crippen LogP contribution >= 0.6 is 0 Å². The maximum absolute atomic E-state index is 9.03. The van der Waals surface area contributed by atoms with Crippen LogP contribution in [0.5, 0.6) is 0 Å². The zero-order valence-corrected chi connectivity index (χ0v) is 7.09. The van der Waals surface area contributed by atoms with Gasteiger partial charge in [-0.3, -0.25) is 0 Å². The first-order valence-corrected chi connectivity index (χ1v) is 4.32. The monoisotopic (exact) mass is 152 g/mol. The lowest BCUT2D eigenvalue weighted by molar-refractivity contribution is 0.185. The van der Waals surface area contributed by atoms with E-state index in [9.17, 15) is 0 Å². The van der Waals surface area contributed by atoms with E-state index in [1.807, 2.05) is 6.92 Å². The SMILES string of the molecule is CC(O)CCC1=CCCC=C1. The molecule has 0 bridgehead atoms. The Morgan fingerprint density at radius 3 is 2.91 bits per heavy atom. The van der Waals surface area contributed by atoms with Crippen LogP contribution in [0.3, 0.4) is 0 Å². The summed E-state index contributed by atoms with van der Waals surface area (Å²) in [6.45, 7) is 1.84. The fraction of sp³-hybridized carbons (Fsp3) is 0.600. The van der Waals surface area contributed by atoms with Crippen molar-refractivity contribution in [3.05, 3.63) is 23.8 Å². The minimum absolute atomic E-state index is 0.161. The zero-order chi connectivity index (χ0) is 8.10. The predicted molar refractivity (Wildman–Crippen MR) is 47.4 cm³/mol. The summed E-state index contributed by atoms with van der Waals surface area (Å²) in [4.78, 5) is 0. The Kier molecular flexibility index (Phi) is 3.37. The lowest BCUT2D eigenvalue weighted by Gasteiger charge is -2.07. The molecule has 1 atom stereocenters. The van der Waals surface area contributed by atoms with E-state index in [1.54, 1.807) is 0 Å². The Morgan fingerprint density at radius 2 is 2.36 bits per heavy atom. The highest BCUT2D eigenvalue weighted by atomic mass is 16.3. The third kappa shape index (κ3) is 3.38. The molecule has 0 aromatic carbocycles. The first kappa shape index (κ1) is 8.54. The van der Waals surface area contributed by atoms with Crippen molar-refractivity contribution < 1.29 is 5.11 Å². The van der Waals surface area contributed by atoms with Crippen molar-refractivity contribution in [2.45, 2.75) is 38.7 Å². The van der Waals surface area contributed by atoms with Gasteiger partial charge in [-0.15, -0.1) is 0 Å². The second-order valence-electron chi connectivity index (χ2n) is 3.15. The van der Waals surface area contributed by atoms with E-state index in [-0.39, 0.29) is 6.10 Å². The molecule has 1 heteroatoms. The number of hydrogen-bond donors (Lipinski definition) is 1. The van der Waals surface area contributed by atoms with Gasteiger partial charge in [-0.25, -0.2) is 0 Å². The molecule has 0 saturated heterocycles. The largest absolute Gasteiger partial charge is 0.393 e. The average Bonchev–Trinajstić information content (AvgIpc) is 2.03. The van der Waals surface area contributed by atoms with Crippen molar-refractivity contribution in [2.75, 3.05) is 0 Å². The summed E-state index contributed by atoms with van der Waals surface area (Å²) in [6, 6.07) is 0. The molecule has 1 aliphatic rings. The summed E-state index contributed by atoms with van der Waals surface area (Å²) in [5.41, 5.74) is 1.39. The van der Waals surface area contributed by atoms with Crippen molar-refractivity contribution in [3.63, 3.8) is 0 Å². The van der Waals surface area contributed by atoms with Crippen LogP contribution in [0.15, 0.2) is 23.8 Å². The van der Waals surface area contributed by atoms with E-state index in [4.69, 9.17) is 5.11 Å². The number of rotatable bonds is 3. The number of allylic oxidation sites excluding steroid dienone is 4. The van der Waals surface area contributed by atoms with Crippen molar-refractivity contribution in [2.24, 2.45) is 0 Å². The average molecular weight is 152 g/mol. The molecule has 11 heavy (non-hydrogen) atoms. The van der Waals surface area contributed by atoms with Gasteiger partial charge in [0.1, 0.15) is 0 Å². The second-order valence-corrected chi connectivity index (χ2v) is 3.15. The van der Waals surface area contributed by atoms with Gasteiger partial charge in [0, 0.05) is 0 Å². The zero-order valence-electron chi connectivity index (χ0n) is 7.09. The van der Waals surface area contributed by atoms with Gasteiger partial charge in [-0.05, 0) is 32.6 Å². The predicted octanol–water partition coefficient (Wildman–Crippen LogP) is 2.42. The smallest absolute Gasteiger partial charge is 0.0515 e. The highest BCUT2D eigenvalue weighted by molar-refractivity contribution is 5.21. The quantitative estimate of drug-likeness (QED) is 0.658. The Bertz CT molecular complexity index is 166. The molecule has 0 spiro atoms. The van der Waals surface area contributed by atoms with Crippen LogP contribution in [0.1, 0.15) is 32.6 Å². The number of aliphatic hydroxyl groups excluding tert-OH is 1. The van der Waals surface area contributed by atoms with E-state index in [0.29, 0.717) is 0 Å². The van der Waals surface area contributed by atoms with E-state index in [1.165, 1.54) is 18.4 Å². The molecule has 0 aromatic rings. The first-order valence-electron chi connectivity index (χ1n) is 4.32. The topological polar surface area (TPSA) is 20.2 Å². The number of hydrogen-bond acceptors (Lipinski definition) is 1. The molecule has 0 aromatic heterocycles. The summed E-state index contributed by atoms with van der Waals surface area (Å²) >= 11 is 0. The molecule has 1 rings (SSSR count). The van der Waals surface area contributed by atoms with Crippen molar-refractivity contribution in [1.82, 2.24) is 0 Å². The van der Waals surface area contributed by atoms with Crippen molar-refractivity contribution >= 4 is 0 Å². The van der Waals surface area contributed by atoms with Crippen LogP contribution in [-0.2, 0) is 0 Å². The Balaban J connectivity index is 2.25. The highest BCUT2D eigenvalue weighted by Crippen LogP contribution is 2.15. The van der Waals surface area contributed by atoms with Gasteiger partial charge in [-0.1, -0.05) is 23.8 Å². The molecule has 0 saturated carbocycles. The van der Waals surface area contributed by atoms with Gasteiger partial charge in [0.15, 0.2) is 0 Å². The van der Waals surface area contributed by atoms with E-state index >= 15 is 0 Å². The van der Waals surface area contributed by atoms with Crippen LogP contribution in [0, 0.1) is 0 Å². The Hall–Kier alpha value is -0.560. The molecule has 0 radical (unpaired) electrons. The standard InChI is InChI=1S/C10H16O/c1-9(11)7-8-10-5-3-2-4-6-10/h3,5-6,9,11H,2,4,7-8H2,1H3. The third-order valence-corrected chi connectivity index (χ3v) is 1.92. The fourth-order valence-electron chi connectivity index (χ4n) is 1.23. The summed E-state index contributed by atoms with van der Waals surface area (Å²) in [5, 5.41) is 9.03. The van der Waals surface area contributed by atoms with E-state index in [2.05, 4.69) is 18.2 Å². The molecule has 0 aliphatic heterocycles. The summed E-state index contributed by atoms with van der Waals surface area (Å²) in [7, 11) is 0. The van der Waals surface area contributed by atoms with Crippen LogP contribution in [0.25, 0.3) is 0 Å². The number of aliphatic hydroxyl groups is 1. The summed E-state index contributed by atoms with van der Waals surface area (Å²) in [6.07, 6.45) is 10.7. The third-order valence-electron chi connectivity index (χ3n) is 1.92. The molecular weight excluding hydrogens is 136 g/mol. The van der Waals surface area contributed by atoms with Gasteiger partial charge in [0.05, 0.1) is 6.10 Å². The molecule has 1 N–H and O–H groups in total. The lowest BCUT2D eigenvalue weighted by Crippen LogP contribution is -1.99. The van der Waals surface area contributed by atoms with Gasteiger partial charge in [-0.2, -0.15) is 0 Å². The minimum atomic E-state index is -0.161. The van der Waals surface area contributed by atoms with Crippen LogP contribution < -0.4 is 0 Å². The highest BCUT2D eigenvalue weighted by Gasteiger charge is 1.99. The molecule has 1 unspecified atom stereocenters. The molecule has 0 amide bonds. The molecule has 0 fully saturated rings. The maximum Gasteiger partial charge on any atom is 0.0515 e. The second kappa shape index (κ2) is 4.35. The fourth-order valence-corrected chi connectivity index (χ4v) is 1.23. The van der Waals surface area contributed by atoms with Crippen molar-refractivity contribution in [1.29, 1.82) is 0 Å². The molecular formula is C10H16O. The van der Waals surface area contributed by atoms with Crippen LogP contribution in [0.2, 0.25) is 0 Å². The van der Waals surface area contributed by atoms with Gasteiger partial charge >= 0.3 is 0 Å². The van der Waals surface area contributed by atoms with Crippen molar-refractivity contribution in [3.8, 4) is 0 Å². The first-order chi connectivity index (χ1) is 5.29.